The van der Waals surface area contributed by atoms with Crippen LogP contribution < -0.4 is 9.47 Å². The first-order valence-electron chi connectivity index (χ1n) is 10.3. The largest absolute Gasteiger partial charge is 0.493 e. The molecule has 0 radical (unpaired) electrons. The van der Waals surface area contributed by atoms with Crippen LogP contribution in [0.4, 0.5) is 0 Å². The number of hydrogen-bond acceptors (Lipinski definition) is 5. The second-order valence-electron chi connectivity index (χ2n) is 7.48. The van der Waals surface area contributed by atoms with Crippen molar-refractivity contribution in [2.45, 2.75) is 52.0 Å². The number of esters is 1. The number of fused-ring (bicyclic) bond motifs is 1. The van der Waals surface area contributed by atoms with Gasteiger partial charge in [0.05, 0.1) is 20.1 Å². The molecule has 0 spiro atoms. The Balaban J connectivity index is 0.000000237. The van der Waals surface area contributed by atoms with Crippen LogP contribution in [0.2, 0.25) is 0 Å². The smallest absolute Gasteiger partial charge is 0.313 e. The summed E-state index contributed by atoms with van der Waals surface area (Å²) < 4.78 is 15.6. The van der Waals surface area contributed by atoms with Crippen molar-refractivity contribution in [2.24, 2.45) is 11.8 Å². The van der Waals surface area contributed by atoms with Crippen LogP contribution in [0.5, 0.6) is 11.5 Å². The lowest BCUT2D eigenvalue weighted by molar-refractivity contribution is -0.144. The van der Waals surface area contributed by atoms with Crippen molar-refractivity contribution < 1.29 is 19.0 Å². The van der Waals surface area contributed by atoms with Crippen molar-refractivity contribution >= 4 is 5.97 Å². The van der Waals surface area contributed by atoms with Crippen LogP contribution in [0.25, 0.3) is 0 Å². The van der Waals surface area contributed by atoms with Crippen molar-refractivity contribution in [1.82, 2.24) is 4.90 Å². The van der Waals surface area contributed by atoms with E-state index in [0.29, 0.717) is 6.04 Å². The van der Waals surface area contributed by atoms with E-state index in [4.69, 9.17) is 14.2 Å². The number of likely N-dealkylation sites (tertiary alicyclic amines) is 1. The molecule has 0 aromatic heterocycles. The summed E-state index contributed by atoms with van der Waals surface area (Å²) in [6.45, 7) is 5.26. The second-order valence-corrected chi connectivity index (χ2v) is 7.48. The molecular weight excluding hydrogens is 354 g/mol. The van der Waals surface area contributed by atoms with Crippen molar-refractivity contribution in [2.75, 3.05) is 27.8 Å². The zero-order chi connectivity index (χ0) is 20.5. The molecule has 2 aliphatic rings. The number of allylic oxidation sites excluding steroid dienone is 1. The summed E-state index contributed by atoms with van der Waals surface area (Å²) in [6.07, 6.45) is 7.30. The maximum absolute atomic E-state index is 12.0. The van der Waals surface area contributed by atoms with Crippen LogP contribution in [0, 0.1) is 11.8 Å². The molecule has 1 aliphatic carbocycles. The van der Waals surface area contributed by atoms with Gasteiger partial charge in [-0.3, -0.25) is 9.69 Å². The Morgan fingerprint density at radius 1 is 1.11 bits per heavy atom. The van der Waals surface area contributed by atoms with Gasteiger partial charge in [-0.05, 0) is 63.4 Å². The minimum atomic E-state index is -0.0367. The highest BCUT2D eigenvalue weighted by molar-refractivity contribution is 5.73. The van der Waals surface area contributed by atoms with Crippen LogP contribution >= 0.6 is 0 Å². The average molecular weight is 390 g/mol. The Morgan fingerprint density at radius 2 is 1.71 bits per heavy atom. The van der Waals surface area contributed by atoms with E-state index >= 15 is 0 Å². The van der Waals surface area contributed by atoms with Crippen LogP contribution in [0.15, 0.2) is 36.1 Å². The van der Waals surface area contributed by atoms with Gasteiger partial charge in [-0.2, -0.15) is 0 Å². The summed E-state index contributed by atoms with van der Waals surface area (Å²) in [4.78, 5) is 14.3. The molecule has 5 heteroatoms. The number of nitrogens with zero attached hydrogens (tertiary/aromatic N) is 1. The van der Waals surface area contributed by atoms with E-state index < -0.39 is 0 Å². The van der Waals surface area contributed by atoms with Crippen molar-refractivity contribution in [3.63, 3.8) is 0 Å². The number of methoxy groups -OCH3 is 2. The first-order chi connectivity index (χ1) is 13.5. The third-order valence-corrected chi connectivity index (χ3v) is 5.80. The maximum Gasteiger partial charge on any atom is 0.313 e. The molecule has 0 bridgehead atoms. The number of para-hydroxylation sites is 2. The molecular formula is C23H35NO4. The van der Waals surface area contributed by atoms with Gasteiger partial charge >= 0.3 is 5.97 Å². The molecule has 1 heterocycles. The summed E-state index contributed by atoms with van der Waals surface area (Å²) in [6, 6.07) is 8.02. The summed E-state index contributed by atoms with van der Waals surface area (Å²) in [5, 5.41) is 0. The van der Waals surface area contributed by atoms with Crippen LogP contribution in [0.3, 0.4) is 0 Å². The lowest BCUT2D eigenvalue weighted by Crippen LogP contribution is -2.30. The molecule has 156 valence electrons. The normalized spacial score (nSPS) is 21.3. The number of hydrogen-bond donors (Lipinski definition) is 0. The monoisotopic (exact) mass is 389 g/mol. The van der Waals surface area contributed by atoms with Gasteiger partial charge in [0.2, 0.25) is 0 Å². The number of benzene rings is 1. The number of carbonyl (C=O) groups is 1. The molecule has 1 aromatic carbocycles. The molecule has 1 fully saturated rings. The van der Waals surface area contributed by atoms with Gasteiger partial charge < -0.3 is 14.2 Å². The summed E-state index contributed by atoms with van der Waals surface area (Å²) in [5.74, 6) is 3.23. The predicted octanol–water partition coefficient (Wildman–Crippen LogP) is 4.67. The Morgan fingerprint density at radius 3 is 2.25 bits per heavy atom. The van der Waals surface area contributed by atoms with E-state index in [2.05, 4.69) is 18.0 Å². The number of likely N-dealkylation sites (N-methyl/N-ethyl adjacent to an activating group) is 1. The standard InChI is InChI=1S/C15H25NO2.C8H10O2/c1-4-11(5-2)15(17)18-13-7-6-12-8-9-16(3)14(12)10-13;1-9-7-5-3-4-6-8(7)10-2/h10-12,14H,4-9H2,1-3H3;3-6H,1-2H3. The van der Waals surface area contributed by atoms with Gasteiger partial charge in [-0.1, -0.05) is 26.0 Å². The summed E-state index contributed by atoms with van der Waals surface area (Å²) >= 11 is 0. The molecule has 0 N–H and O–H groups in total. The van der Waals surface area contributed by atoms with Gasteiger partial charge in [-0.15, -0.1) is 0 Å². The number of ether oxygens (including phenoxy) is 3. The van der Waals surface area contributed by atoms with Crippen LogP contribution in [-0.4, -0.2) is 44.7 Å². The number of rotatable bonds is 6. The predicted molar refractivity (Wildman–Crippen MR) is 112 cm³/mol. The first kappa shape index (κ1) is 22.3. The van der Waals surface area contributed by atoms with Crippen molar-refractivity contribution in [1.29, 1.82) is 0 Å². The molecule has 0 saturated carbocycles. The number of carbonyl (C=O) groups excluding carboxylic acids is 1. The van der Waals surface area contributed by atoms with Crippen LogP contribution in [0.1, 0.15) is 46.0 Å². The molecule has 2 atom stereocenters. The zero-order valence-electron chi connectivity index (χ0n) is 17.9. The lowest BCUT2D eigenvalue weighted by atomic mass is 9.89. The molecule has 28 heavy (non-hydrogen) atoms. The average Bonchev–Trinajstić information content (AvgIpc) is 3.09. The van der Waals surface area contributed by atoms with E-state index in [-0.39, 0.29) is 11.9 Å². The van der Waals surface area contributed by atoms with E-state index in [1.165, 1.54) is 13.0 Å². The Kier molecular flexibility index (Phi) is 8.84. The summed E-state index contributed by atoms with van der Waals surface area (Å²) in [7, 11) is 5.41. The quantitative estimate of drug-likeness (QED) is 0.662. The molecule has 3 rings (SSSR count). The third-order valence-electron chi connectivity index (χ3n) is 5.80. The lowest BCUT2D eigenvalue weighted by Gasteiger charge is -2.27. The second kappa shape index (κ2) is 11.1. The van der Waals surface area contributed by atoms with E-state index in [1.54, 1.807) is 14.2 Å². The van der Waals surface area contributed by atoms with E-state index in [1.807, 2.05) is 38.1 Å². The topological polar surface area (TPSA) is 48.0 Å². The van der Waals surface area contributed by atoms with E-state index in [0.717, 1.165) is 48.9 Å². The van der Waals surface area contributed by atoms with Gasteiger partial charge in [0.25, 0.3) is 0 Å². The fourth-order valence-corrected chi connectivity index (χ4v) is 3.94. The third kappa shape index (κ3) is 5.74. The van der Waals surface area contributed by atoms with Crippen LogP contribution in [-0.2, 0) is 9.53 Å². The van der Waals surface area contributed by atoms with E-state index in [9.17, 15) is 4.79 Å². The molecule has 1 saturated heterocycles. The molecule has 0 amide bonds. The van der Waals surface area contributed by atoms with Gasteiger partial charge in [0.1, 0.15) is 5.76 Å². The fourth-order valence-electron chi connectivity index (χ4n) is 3.94. The molecule has 1 aromatic rings. The fraction of sp³-hybridized carbons (Fsp3) is 0.609. The van der Waals surface area contributed by atoms with Gasteiger partial charge in [0, 0.05) is 12.5 Å². The highest BCUT2D eigenvalue weighted by Crippen LogP contribution is 2.34. The Labute approximate surface area is 169 Å². The SMILES string of the molecule is CCC(CC)C(=O)OC1=CC2C(CC1)CCN2C.COc1ccccc1OC. The minimum absolute atomic E-state index is 0.0367. The van der Waals surface area contributed by atoms with Crippen molar-refractivity contribution in [3.05, 3.63) is 36.1 Å². The summed E-state index contributed by atoms with van der Waals surface area (Å²) in [5.41, 5.74) is 0. The maximum atomic E-state index is 12.0. The van der Waals surface area contributed by atoms with Gasteiger partial charge in [0.15, 0.2) is 11.5 Å². The zero-order valence-corrected chi connectivity index (χ0v) is 17.9. The Bertz CT molecular complexity index is 631. The highest BCUT2D eigenvalue weighted by atomic mass is 16.5. The molecule has 2 unspecified atom stereocenters. The van der Waals surface area contributed by atoms with Crippen molar-refractivity contribution in [3.8, 4) is 11.5 Å². The minimum Gasteiger partial charge on any atom is -0.493 e. The molecule has 1 aliphatic heterocycles. The highest BCUT2D eigenvalue weighted by Gasteiger charge is 2.34. The van der Waals surface area contributed by atoms with Gasteiger partial charge in [-0.25, -0.2) is 0 Å². The first-order valence-corrected chi connectivity index (χ1v) is 10.3. The Hall–Kier alpha value is -2.01. The molecule has 5 nitrogen and oxygen atoms in total.